The van der Waals surface area contributed by atoms with Crippen LogP contribution >= 0.6 is 7.82 Å². The lowest BCUT2D eigenvalue weighted by Crippen LogP contribution is -2.54. The average Bonchev–Trinajstić information content (AvgIpc) is 3.68. The quantitative estimate of drug-likeness (QED) is 0.165. The van der Waals surface area contributed by atoms with E-state index in [2.05, 4.69) is 41.0 Å². The van der Waals surface area contributed by atoms with Crippen molar-refractivity contribution in [1.82, 2.24) is 30.2 Å². The van der Waals surface area contributed by atoms with E-state index >= 15 is 0 Å². The van der Waals surface area contributed by atoms with E-state index in [0.717, 1.165) is 49.8 Å². The lowest BCUT2D eigenvalue weighted by molar-refractivity contribution is -0.134. The fourth-order valence-corrected chi connectivity index (χ4v) is 8.64. The molecule has 3 aliphatic heterocycles. The number of ether oxygens (including phenoxy) is 1. The van der Waals surface area contributed by atoms with Crippen molar-refractivity contribution in [3.05, 3.63) is 66.5 Å². The number of hydrogen-bond donors (Lipinski definition) is 3. The molecule has 1 saturated carbocycles. The van der Waals surface area contributed by atoms with Gasteiger partial charge in [-0.15, -0.1) is 10.2 Å². The Hall–Kier alpha value is -5.35. The number of carbonyl (C=O) groups is 3. The summed E-state index contributed by atoms with van der Waals surface area (Å²) in [5.74, 6) is 0.816. The summed E-state index contributed by atoms with van der Waals surface area (Å²) in [6.07, 6.45) is 7.95. The van der Waals surface area contributed by atoms with Crippen LogP contribution in [0.4, 0.5) is 17.2 Å². The lowest BCUT2D eigenvalue weighted by atomic mass is 9.80. The summed E-state index contributed by atoms with van der Waals surface area (Å²) in [4.78, 5) is 54.1. The Morgan fingerprint density at radius 2 is 1.80 bits per heavy atom. The van der Waals surface area contributed by atoms with E-state index in [1.807, 2.05) is 12.1 Å². The molecular weight excluding hydrogens is 729 g/mol. The van der Waals surface area contributed by atoms with Gasteiger partial charge in [0.05, 0.1) is 42.6 Å². The van der Waals surface area contributed by atoms with Crippen molar-refractivity contribution in [2.75, 3.05) is 55.4 Å². The van der Waals surface area contributed by atoms with Gasteiger partial charge in [0.15, 0.2) is 5.82 Å². The Balaban J connectivity index is 0.907. The van der Waals surface area contributed by atoms with Crippen LogP contribution in [0, 0.1) is 0 Å². The van der Waals surface area contributed by atoms with E-state index in [-0.39, 0.29) is 35.3 Å². The van der Waals surface area contributed by atoms with Crippen LogP contribution in [0.3, 0.4) is 0 Å². The number of carbonyl (C=O) groups excluding carboxylic acids is 3. The molecule has 2 saturated heterocycles. The first-order valence-corrected chi connectivity index (χ1v) is 19.8. The summed E-state index contributed by atoms with van der Waals surface area (Å²) in [7, 11) is -3.26. The molecule has 0 bridgehead atoms. The molecule has 55 heavy (non-hydrogen) atoms. The summed E-state index contributed by atoms with van der Waals surface area (Å²) in [6, 6.07) is 14.2. The van der Waals surface area contributed by atoms with E-state index in [1.54, 1.807) is 41.6 Å². The molecule has 0 spiro atoms. The summed E-state index contributed by atoms with van der Waals surface area (Å²) >= 11 is 0. The molecule has 5 heterocycles. The van der Waals surface area contributed by atoms with E-state index < -0.39 is 13.9 Å². The van der Waals surface area contributed by atoms with Gasteiger partial charge in [0.25, 0.3) is 0 Å². The molecule has 17 nitrogen and oxygen atoms in total. The number of piperidine rings is 1. The van der Waals surface area contributed by atoms with Crippen molar-refractivity contribution < 1.29 is 37.6 Å². The molecule has 18 heteroatoms. The molecule has 3 fully saturated rings. The number of nitrogens with zero attached hydrogens (tertiary/aromatic N) is 7. The first-order valence-electron chi connectivity index (χ1n) is 18.3. The van der Waals surface area contributed by atoms with Crippen molar-refractivity contribution in [1.29, 1.82) is 0 Å². The van der Waals surface area contributed by atoms with Gasteiger partial charge in [0, 0.05) is 38.2 Å². The minimum atomic E-state index is -4.34. The lowest BCUT2D eigenvalue weighted by Gasteiger charge is -2.42. The number of anilines is 3. The van der Waals surface area contributed by atoms with Crippen LogP contribution in [-0.4, -0.2) is 99.5 Å². The molecular formula is C37H42N9O8P. The third-order valence-corrected chi connectivity index (χ3v) is 11.8. The number of imide groups is 1. The Kier molecular flexibility index (Phi) is 10.0. The van der Waals surface area contributed by atoms with Crippen molar-refractivity contribution in [2.24, 2.45) is 0 Å². The Labute approximate surface area is 317 Å². The van der Waals surface area contributed by atoms with Gasteiger partial charge < -0.3 is 24.8 Å². The van der Waals surface area contributed by atoms with E-state index in [1.165, 1.54) is 10.7 Å². The van der Waals surface area contributed by atoms with Gasteiger partial charge in [0.2, 0.25) is 17.7 Å². The number of fused-ring (bicyclic) bond motifs is 1. The predicted molar refractivity (Wildman–Crippen MR) is 201 cm³/mol. The van der Waals surface area contributed by atoms with Gasteiger partial charge in [-0.1, -0.05) is 24.3 Å². The van der Waals surface area contributed by atoms with Gasteiger partial charge in [-0.05, 0) is 67.9 Å². The van der Waals surface area contributed by atoms with Crippen LogP contribution in [0.5, 0.6) is 11.5 Å². The largest absolute Gasteiger partial charge is 0.527 e. The van der Waals surface area contributed by atoms with Crippen LogP contribution in [0.25, 0.3) is 16.9 Å². The second-order valence-electron chi connectivity index (χ2n) is 14.1. The fourth-order valence-electron chi connectivity index (χ4n) is 8.16. The second-order valence-corrected chi connectivity index (χ2v) is 15.6. The monoisotopic (exact) mass is 771 g/mol. The summed E-state index contributed by atoms with van der Waals surface area (Å²) in [5.41, 5.74) is 10.0. The Morgan fingerprint density at radius 1 is 0.982 bits per heavy atom. The van der Waals surface area contributed by atoms with Gasteiger partial charge in [-0.2, -0.15) is 5.10 Å². The topological polar surface area (TPSA) is 208 Å². The van der Waals surface area contributed by atoms with Crippen molar-refractivity contribution in [3.8, 4) is 28.4 Å². The van der Waals surface area contributed by atoms with Crippen LogP contribution < -0.4 is 30.1 Å². The number of nitrogens with one attached hydrogen (secondary N) is 1. The number of aromatic nitrogens is 4. The van der Waals surface area contributed by atoms with Gasteiger partial charge in [-0.25, -0.2) is 9.25 Å². The maximum Gasteiger partial charge on any atom is 0.527 e. The third-order valence-electron chi connectivity index (χ3n) is 10.9. The van der Waals surface area contributed by atoms with Crippen molar-refractivity contribution in [2.45, 2.75) is 56.5 Å². The van der Waals surface area contributed by atoms with Gasteiger partial charge in [0.1, 0.15) is 29.8 Å². The summed E-state index contributed by atoms with van der Waals surface area (Å²) in [5, 5.41) is 15.2. The smallest absolute Gasteiger partial charge is 0.489 e. The van der Waals surface area contributed by atoms with Crippen molar-refractivity contribution >= 4 is 42.7 Å². The number of rotatable bonds is 9. The number of benzene rings is 2. The number of amides is 3. The number of para-hydroxylation sites is 2. The minimum absolute atomic E-state index is 0.0221. The summed E-state index contributed by atoms with van der Waals surface area (Å²) in [6.45, 7) is 2.58. The second kappa shape index (κ2) is 15.1. The third kappa shape index (κ3) is 7.40. The molecule has 4 N–H and O–H groups in total. The van der Waals surface area contributed by atoms with Crippen LogP contribution in [-0.2, 0) is 23.5 Å². The zero-order chi connectivity index (χ0) is 38.3. The highest BCUT2D eigenvalue weighted by Gasteiger charge is 2.38. The van der Waals surface area contributed by atoms with Crippen LogP contribution in [0.2, 0.25) is 0 Å². The van der Waals surface area contributed by atoms with Crippen molar-refractivity contribution in [3.63, 3.8) is 0 Å². The molecule has 2 aromatic heterocycles. The Bertz CT molecular complexity index is 2170. The number of piperazine rings is 1. The molecule has 3 amide bonds. The maximum atomic E-state index is 13.6. The zero-order valence-corrected chi connectivity index (χ0v) is 31.1. The highest BCUT2D eigenvalue weighted by molar-refractivity contribution is 7.47. The van der Waals surface area contributed by atoms with E-state index in [4.69, 9.17) is 15.0 Å². The normalized spacial score (nSPS) is 23.1. The molecule has 288 valence electrons. The standard InChI is InChI=1S/C37H42N9O8P/c1-52-55(50,51)54-32-8-3-2-5-27(32)28-19-31(36(38)42-41-28)46-21-25(20-39-46)44-16-15-43(22-34(44)48)24-11-9-23(10-12-24)26-6-4-7-29-35(26)53-18-17-45(29)30-13-14-33(47)40-37(30)49/h2-8,19-21,23-24,30H,9-18,22H2,1H3,(H2,38,42)(H,50,51)(H,40,47,49)/t23?,24?,30-/m0/s1. The molecule has 1 unspecified atom stereocenters. The van der Waals surface area contributed by atoms with Gasteiger partial charge >= 0.3 is 7.82 Å². The summed E-state index contributed by atoms with van der Waals surface area (Å²) < 4.78 is 29.7. The molecule has 2 atom stereocenters. The number of phosphoric ester groups is 1. The average molecular weight is 772 g/mol. The Morgan fingerprint density at radius 3 is 2.58 bits per heavy atom. The molecule has 1 aliphatic carbocycles. The molecule has 4 aliphatic rings. The maximum absolute atomic E-state index is 13.6. The number of hydrogen-bond acceptors (Lipinski definition) is 13. The molecule has 2 aromatic carbocycles. The zero-order valence-electron chi connectivity index (χ0n) is 30.2. The molecule has 8 rings (SSSR count). The highest BCUT2D eigenvalue weighted by Crippen LogP contribution is 2.47. The van der Waals surface area contributed by atoms with E-state index in [9.17, 15) is 23.8 Å². The number of phosphoric acid groups is 1. The molecule has 0 radical (unpaired) electrons. The minimum Gasteiger partial charge on any atom is -0.489 e. The molecule has 4 aromatic rings. The SMILES string of the molecule is COP(=O)(O)Oc1ccccc1-c1cc(-n2cc(N3CCN(C4CCC(c5cccc6c5OCCN6[C@H]5CCC(=O)NC5=O)CC4)CC3=O)cn2)c(N)nn1. The highest BCUT2D eigenvalue weighted by atomic mass is 31.2. The fraction of sp³-hybridized carbons (Fsp3) is 0.405. The predicted octanol–water partition coefficient (Wildman–Crippen LogP) is 3.42. The van der Waals surface area contributed by atoms with Crippen LogP contribution in [0.1, 0.15) is 50.0 Å². The van der Waals surface area contributed by atoms with Crippen LogP contribution in [0.15, 0.2) is 60.9 Å². The number of nitrogen functional groups attached to an aromatic ring is 1. The van der Waals surface area contributed by atoms with Gasteiger partial charge in [-0.3, -0.25) is 34.0 Å². The first kappa shape index (κ1) is 36.6. The first-order chi connectivity index (χ1) is 26.6. The van der Waals surface area contributed by atoms with E-state index in [0.29, 0.717) is 74.2 Å². The number of nitrogens with two attached hydrogens (primary N) is 1.